The highest BCUT2D eigenvalue weighted by molar-refractivity contribution is 6.33. The van der Waals surface area contributed by atoms with E-state index in [2.05, 4.69) is 4.98 Å². The summed E-state index contributed by atoms with van der Waals surface area (Å²) in [7, 11) is 0. The van der Waals surface area contributed by atoms with Crippen LogP contribution in [0, 0.1) is 0 Å². The molecular formula is C19H17ClF3N3O3. The number of nitrogens with zero attached hydrogens (tertiary/aromatic N) is 3. The minimum absolute atomic E-state index is 0.0598. The van der Waals surface area contributed by atoms with Crippen LogP contribution in [0.15, 0.2) is 30.5 Å². The van der Waals surface area contributed by atoms with Crippen molar-refractivity contribution in [3.63, 3.8) is 0 Å². The Hall–Kier alpha value is -2.68. The lowest BCUT2D eigenvalue weighted by Gasteiger charge is -2.24. The fourth-order valence-electron chi connectivity index (χ4n) is 3.36. The third-order valence-corrected chi connectivity index (χ3v) is 5.13. The van der Waals surface area contributed by atoms with Crippen molar-refractivity contribution in [1.29, 1.82) is 0 Å². The summed E-state index contributed by atoms with van der Waals surface area (Å²) in [5.41, 5.74) is -0.394. The molecule has 154 valence electrons. The molecule has 4 rings (SSSR count). The maximum absolute atomic E-state index is 12.9. The normalized spacial score (nSPS) is 16.7. The fourth-order valence-corrected chi connectivity index (χ4v) is 3.65. The van der Waals surface area contributed by atoms with Gasteiger partial charge < -0.3 is 19.3 Å². The summed E-state index contributed by atoms with van der Waals surface area (Å²) in [6, 6.07) is 5.92. The van der Waals surface area contributed by atoms with Gasteiger partial charge in [-0.1, -0.05) is 11.6 Å². The molecule has 0 N–H and O–H groups in total. The molecule has 0 radical (unpaired) electrons. The van der Waals surface area contributed by atoms with Crippen molar-refractivity contribution in [3.8, 4) is 11.5 Å². The first-order valence-electron chi connectivity index (χ1n) is 8.99. The van der Waals surface area contributed by atoms with Crippen molar-refractivity contribution in [2.75, 3.05) is 37.9 Å². The Balaban J connectivity index is 1.46. The second kappa shape index (κ2) is 7.62. The number of benzene rings is 1. The SMILES string of the molecule is O=C(c1ccc2c(c1)OCO2)N1CCCN(c2ncc(C(F)(F)F)cc2Cl)CC1. The van der Waals surface area contributed by atoms with Crippen LogP contribution in [-0.2, 0) is 6.18 Å². The third kappa shape index (κ3) is 4.05. The van der Waals surface area contributed by atoms with Gasteiger partial charge in [-0.15, -0.1) is 0 Å². The van der Waals surface area contributed by atoms with Crippen LogP contribution in [-0.4, -0.2) is 48.8 Å². The van der Waals surface area contributed by atoms with E-state index in [1.165, 1.54) is 0 Å². The number of pyridine rings is 1. The number of aromatic nitrogens is 1. The standard InChI is InChI=1S/C19H17ClF3N3O3/c20-14-9-13(19(21,22)23)10-24-17(14)25-4-1-5-26(7-6-25)18(27)12-2-3-15-16(8-12)29-11-28-15/h2-3,8-10H,1,4-7,11H2. The molecule has 0 saturated carbocycles. The lowest BCUT2D eigenvalue weighted by atomic mass is 10.1. The van der Waals surface area contributed by atoms with Gasteiger partial charge in [0.05, 0.1) is 10.6 Å². The number of amides is 1. The van der Waals surface area contributed by atoms with Crippen LogP contribution in [0.25, 0.3) is 0 Å². The molecular weight excluding hydrogens is 411 g/mol. The van der Waals surface area contributed by atoms with E-state index in [9.17, 15) is 18.0 Å². The highest BCUT2D eigenvalue weighted by Crippen LogP contribution is 2.34. The quantitative estimate of drug-likeness (QED) is 0.729. The number of alkyl halides is 3. The minimum atomic E-state index is -4.50. The first kappa shape index (κ1) is 19.6. The Labute approximate surface area is 169 Å². The van der Waals surface area contributed by atoms with Gasteiger partial charge in [0.2, 0.25) is 6.79 Å². The molecule has 1 fully saturated rings. The number of halogens is 4. The Morgan fingerprint density at radius 2 is 1.86 bits per heavy atom. The summed E-state index contributed by atoms with van der Waals surface area (Å²) < 4.78 is 49.0. The van der Waals surface area contributed by atoms with Crippen molar-refractivity contribution in [2.24, 2.45) is 0 Å². The summed E-state index contributed by atoms with van der Waals surface area (Å²) in [5, 5.41) is -0.0598. The average Bonchev–Trinajstić information content (AvgIpc) is 3.02. The van der Waals surface area contributed by atoms with E-state index in [4.69, 9.17) is 21.1 Å². The molecule has 1 amide bonds. The number of hydrogen-bond donors (Lipinski definition) is 0. The molecule has 0 atom stereocenters. The summed E-state index contributed by atoms with van der Waals surface area (Å²) in [5.74, 6) is 1.29. The van der Waals surface area contributed by atoms with E-state index in [1.807, 2.05) is 0 Å². The first-order chi connectivity index (χ1) is 13.8. The van der Waals surface area contributed by atoms with Gasteiger partial charge in [0.15, 0.2) is 11.5 Å². The highest BCUT2D eigenvalue weighted by Gasteiger charge is 2.32. The molecule has 0 spiro atoms. The average molecular weight is 428 g/mol. The maximum atomic E-state index is 12.9. The number of hydrogen-bond acceptors (Lipinski definition) is 5. The summed E-state index contributed by atoms with van der Waals surface area (Å²) in [6.45, 7) is 1.98. The van der Waals surface area contributed by atoms with Gasteiger partial charge in [-0.25, -0.2) is 4.98 Å². The summed E-state index contributed by atoms with van der Waals surface area (Å²) in [6.07, 6.45) is -3.08. The highest BCUT2D eigenvalue weighted by atomic mass is 35.5. The molecule has 1 aromatic carbocycles. The minimum Gasteiger partial charge on any atom is -0.454 e. The predicted molar refractivity (Wildman–Crippen MR) is 99.5 cm³/mol. The molecule has 2 aliphatic heterocycles. The van der Waals surface area contributed by atoms with Gasteiger partial charge >= 0.3 is 6.18 Å². The molecule has 0 aliphatic carbocycles. The van der Waals surface area contributed by atoms with E-state index in [0.29, 0.717) is 49.7 Å². The van der Waals surface area contributed by atoms with Gasteiger partial charge in [0.1, 0.15) is 5.82 Å². The molecule has 3 heterocycles. The lowest BCUT2D eigenvalue weighted by Crippen LogP contribution is -2.35. The van der Waals surface area contributed by atoms with Crippen molar-refractivity contribution in [1.82, 2.24) is 9.88 Å². The fraction of sp³-hybridized carbons (Fsp3) is 0.368. The van der Waals surface area contributed by atoms with Gasteiger partial charge in [0, 0.05) is 37.9 Å². The second-order valence-corrected chi connectivity index (χ2v) is 7.14. The molecule has 2 aliphatic rings. The smallest absolute Gasteiger partial charge is 0.417 e. The number of ether oxygens (including phenoxy) is 2. The Morgan fingerprint density at radius 3 is 2.62 bits per heavy atom. The maximum Gasteiger partial charge on any atom is 0.417 e. The van der Waals surface area contributed by atoms with Crippen LogP contribution in [0.1, 0.15) is 22.3 Å². The van der Waals surface area contributed by atoms with E-state index in [0.717, 1.165) is 12.3 Å². The van der Waals surface area contributed by atoms with Gasteiger partial charge in [-0.2, -0.15) is 13.2 Å². The van der Waals surface area contributed by atoms with E-state index < -0.39 is 11.7 Å². The largest absolute Gasteiger partial charge is 0.454 e. The monoisotopic (exact) mass is 427 g/mol. The first-order valence-corrected chi connectivity index (χ1v) is 9.37. The Bertz CT molecular complexity index is 939. The lowest BCUT2D eigenvalue weighted by molar-refractivity contribution is -0.137. The van der Waals surface area contributed by atoms with Crippen LogP contribution >= 0.6 is 11.6 Å². The predicted octanol–water partition coefficient (Wildman–Crippen LogP) is 3.84. The zero-order chi connectivity index (χ0) is 20.6. The zero-order valence-electron chi connectivity index (χ0n) is 15.2. The van der Waals surface area contributed by atoms with Crippen molar-refractivity contribution in [3.05, 3.63) is 46.6 Å². The van der Waals surface area contributed by atoms with E-state index in [-0.39, 0.29) is 23.5 Å². The third-order valence-electron chi connectivity index (χ3n) is 4.85. The van der Waals surface area contributed by atoms with Crippen molar-refractivity contribution in [2.45, 2.75) is 12.6 Å². The Morgan fingerprint density at radius 1 is 1.07 bits per heavy atom. The van der Waals surface area contributed by atoms with Crippen LogP contribution in [0.3, 0.4) is 0 Å². The van der Waals surface area contributed by atoms with Gasteiger partial charge in [-0.05, 0) is 30.7 Å². The molecule has 1 saturated heterocycles. The second-order valence-electron chi connectivity index (χ2n) is 6.73. The van der Waals surface area contributed by atoms with Gasteiger partial charge in [0.25, 0.3) is 5.91 Å². The number of rotatable bonds is 2. The number of fused-ring (bicyclic) bond motifs is 1. The topological polar surface area (TPSA) is 54.9 Å². The number of carbonyl (C=O) groups is 1. The molecule has 1 aromatic heterocycles. The van der Waals surface area contributed by atoms with Crippen LogP contribution in [0.4, 0.5) is 19.0 Å². The molecule has 0 bridgehead atoms. The summed E-state index contributed by atoms with van der Waals surface area (Å²) in [4.78, 5) is 20.3. The molecule has 29 heavy (non-hydrogen) atoms. The van der Waals surface area contributed by atoms with Crippen LogP contribution in [0.2, 0.25) is 5.02 Å². The van der Waals surface area contributed by atoms with E-state index >= 15 is 0 Å². The van der Waals surface area contributed by atoms with Crippen LogP contribution in [0.5, 0.6) is 11.5 Å². The molecule has 0 unspecified atom stereocenters. The van der Waals surface area contributed by atoms with Gasteiger partial charge in [-0.3, -0.25) is 4.79 Å². The summed E-state index contributed by atoms with van der Waals surface area (Å²) >= 11 is 6.06. The Kier molecular flexibility index (Phi) is 5.16. The van der Waals surface area contributed by atoms with E-state index in [1.54, 1.807) is 28.0 Å². The van der Waals surface area contributed by atoms with Crippen molar-refractivity contribution < 1.29 is 27.4 Å². The number of carbonyl (C=O) groups excluding carboxylic acids is 1. The zero-order valence-corrected chi connectivity index (χ0v) is 16.0. The van der Waals surface area contributed by atoms with Crippen molar-refractivity contribution >= 4 is 23.3 Å². The van der Waals surface area contributed by atoms with Crippen LogP contribution < -0.4 is 14.4 Å². The molecule has 2 aromatic rings. The molecule has 6 nitrogen and oxygen atoms in total. The molecule has 10 heteroatoms. The number of anilines is 1.